The van der Waals surface area contributed by atoms with Gasteiger partial charge < -0.3 is 5.32 Å². The number of aromatic nitrogens is 2. The summed E-state index contributed by atoms with van der Waals surface area (Å²) >= 11 is 0. The van der Waals surface area contributed by atoms with E-state index in [1.165, 1.54) is 6.07 Å². The predicted molar refractivity (Wildman–Crippen MR) is 68.5 cm³/mol. The van der Waals surface area contributed by atoms with E-state index in [0.29, 0.717) is 0 Å². The number of nitro benzene ring substituents is 1. The second-order valence-corrected chi connectivity index (χ2v) is 4.13. The summed E-state index contributed by atoms with van der Waals surface area (Å²) in [5.74, 6) is 0. The lowest BCUT2D eigenvalue weighted by molar-refractivity contribution is -0.384. The van der Waals surface area contributed by atoms with E-state index in [1.54, 1.807) is 18.3 Å². The lowest BCUT2D eigenvalue weighted by Gasteiger charge is -2.15. The van der Waals surface area contributed by atoms with Crippen LogP contribution in [-0.4, -0.2) is 15.1 Å². The molecule has 0 spiro atoms. The number of aromatic amines is 1. The van der Waals surface area contributed by atoms with E-state index in [4.69, 9.17) is 0 Å². The number of hydrogen-bond donors (Lipinski definition) is 2. The molecule has 0 saturated carbocycles. The van der Waals surface area contributed by atoms with Gasteiger partial charge in [-0.05, 0) is 31.5 Å². The maximum Gasteiger partial charge on any atom is 0.269 e. The second kappa shape index (κ2) is 4.87. The molecule has 1 unspecified atom stereocenters. The molecule has 0 radical (unpaired) electrons. The molecule has 2 aromatic rings. The van der Waals surface area contributed by atoms with Crippen molar-refractivity contribution in [2.75, 3.05) is 5.32 Å². The van der Waals surface area contributed by atoms with Crippen molar-refractivity contribution in [2.24, 2.45) is 0 Å². The maximum absolute atomic E-state index is 10.6. The Morgan fingerprint density at radius 3 is 2.78 bits per heavy atom. The van der Waals surface area contributed by atoms with Gasteiger partial charge in [0, 0.05) is 24.0 Å². The Labute approximate surface area is 104 Å². The van der Waals surface area contributed by atoms with Crippen molar-refractivity contribution in [1.29, 1.82) is 0 Å². The van der Waals surface area contributed by atoms with Gasteiger partial charge in [0.1, 0.15) is 0 Å². The Hall–Kier alpha value is -2.37. The number of nitrogens with one attached hydrogen (secondary N) is 2. The van der Waals surface area contributed by atoms with E-state index in [9.17, 15) is 10.1 Å². The minimum absolute atomic E-state index is 0.0626. The first-order chi connectivity index (χ1) is 8.58. The number of nitrogens with zero attached hydrogens (tertiary/aromatic N) is 2. The van der Waals surface area contributed by atoms with E-state index in [2.05, 4.69) is 15.5 Å². The van der Waals surface area contributed by atoms with Crippen LogP contribution in [-0.2, 0) is 0 Å². The van der Waals surface area contributed by atoms with Crippen LogP contribution in [0.15, 0.2) is 30.5 Å². The molecule has 1 heterocycles. The number of H-pyrrole nitrogens is 1. The summed E-state index contributed by atoms with van der Waals surface area (Å²) in [6.07, 6.45) is 1.69. The van der Waals surface area contributed by atoms with Crippen molar-refractivity contribution in [3.05, 3.63) is 51.8 Å². The highest BCUT2D eigenvalue weighted by atomic mass is 16.6. The average Bonchev–Trinajstić information content (AvgIpc) is 2.85. The summed E-state index contributed by atoms with van der Waals surface area (Å²) in [4.78, 5) is 10.3. The zero-order valence-electron chi connectivity index (χ0n) is 10.2. The van der Waals surface area contributed by atoms with Crippen molar-refractivity contribution < 1.29 is 4.92 Å². The molecule has 6 heteroatoms. The highest BCUT2D eigenvalue weighted by Crippen LogP contribution is 2.24. The zero-order valence-corrected chi connectivity index (χ0v) is 10.2. The van der Waals surface area contributed by atoms with Gasteiger partial charge in [-0.25, -0.2) is 0 Å². The lowest BCUT2D eigenvalue weighted by atomic mass is 10.1. The molecule has 0 bridgehead atoms. The van der Waals surface area contributed by atoms with Gasteiger partial charge >= 0.3 is 0 Å². The molecule has 1 aromatic carbocycles. The molecule has 1 aromatic heterocycles. The first-order valence-corrected chi connectivity index (χ1v) is 5.59. The van der Waals surface area contributed by atoms with E-state index in [1.807, 2.05) is 19.9 Å². The summed E-state index contributed by atoms with van der Waals surface area (Å²) in [7, 11) is 0. The number of rotatable bonds is 4. The maximum atomic E-state index is 10.6. The quantitative estimate of drug-likeness (QED) is 0.641. The fourth-order valence-electron chi connectivity index (χ4n) is 1.74. The second-order valence-electron chi connectivity index (χ2n) is 4.13. The normalized spacial score (nSPS) is 12.1. The fraction of sp³-hybridized carbons (Fsp3) is 0.250. The van der Waals surface area contributed by atoms with Crippen molar-refractivity contribution in [3.8, 4) is 0 Å². The SMILES string of the molecule is Cc1cc([N+](=O)[O-])ccc1NC(C)c1ccn[nH]1. The average molecular weight is 246 g/mol. The third-order valence-corrected chi connectivity index (χ3v) is 2.78. The van der Waals surface area contributed by atoms with Crippen molar-refractivity contribution in [3.63, 3.8) is 0 Å². The number of benzene rings is 1. The largest absolute Gasteiger partial charge is 0.377 e. The molecule has 0 fully saturated rings. The molecule has 6 nitrogen and oxygen atoms in total. The third kappa shape index (κ3) is 2.48. The predicted octanol–water partition coefficient (Wildman–Crippen LogP) is 2.80. The van der Waals surface area contributed by atoms with E-state index >= 15 is 0 Å². The van der Waals surface area contributed by atoms with E-state index in [0.717, 1.165) is 16.9 Å². The molecule has 18 heavy (non-hydrogen) atoms. The Bertz CT molecular complexity index is 551. The molecule has 94 valence electrons. The van der Waals surface area contributed by atoms with Crippen LogP contribution >= 0.6 is 0 Å². The Morgan fingerprint density at radius 1 is 1.44 bits per heavy atom. The topological polar surface area (TPSA) is 83.8 Å². The molecule has 2 rings (SSSR count). The summed E-state index contributed by atoms with van der Waals surface area (Å²) < 4.78 is 0. The molecule has 1 atom stereocenters. The molecular weight excluding hydrogens is 232 g/mol. The first kappa shape index (κ1) is 12.1. The van der Waals surface area contributed by atoms with Crippen LogP contribution in [0.1, 0.15) is 24.2 Å². The fourth-order valence-corrected chi connectivity index (χ4v) is 1.74. The number of anilines is 1. The van der Waals surface area contributed by atoms with Gasteiger partial charge in [0.25, 0.3) is 5.69 Å². The summed E-state index contributed by atoms with van der Waals surface area (Å²) in [5, 5.41) is 20.7. The monoisotopic (exact) mass is 246 g/mol. The van der Waals surface area contributed by atoms with Crippen LogP contribution < -0.4 is 5.32 Å². The minimum Gasteiger partial charge on any atom is -0.377 e. The Morgan fingerprint density at radius 2 is 2.22 bits per heavy atom. The highest BCUT2D eigenvalue weighted by molar-refractivity contribution is 5.56. The smallest absolute Gasteiger partial charge is 0.269 e. The van der Waals surface area contributed by atoms with Crippen LogP contribution in [0.4, 0.5) is 11.4 Å². The summed E-state index contributed by atoms with van der Waals surface area (Å²) in [5.41, 5.74) is 2.79. The number of nitro groups is 1. The molecule has 2 N–H and O–H groups in total. The number of hydrogen-bond acceptors (Lipinski definition) is 4. The molecule has 0 aliphatic rings. The van der Waals surface area contributed by atoms with Gasteiger partial charge in [-0.3, -0.25) is 15.2 Å². The molecular formula is C12H14N4O2. The number of non-ortho nitro benzene ring substituents is 1. The molecule has 0 saturated heterocycles. The van der Waals surface area contributed by atoms with Gasteiger partial charge in [0.2, 0.25) is 0 Å². The van der Waals surface area contributed by atoms with Crippen LogP contribution in [0.3, 0.4) is 0 Å². The third-order valence-electron chi connectivity index (χ3n) is 2.78. The van der Waals surface area contributed by atoms with Gasteiger partial charge in [0.05, 0.1) is 16.7 Å². The van der Waals surface area contributed by atoms with Crippen LogP contribution in [0.5, 0.6) is 0 Å². The van der Waals surface area contributed by atoms with E-state index in [-0.39, 0.29) is 11.7 Å². The Balaban J connectivity index is 2.17. The first-order valence-electron chi connectivity index (χ1n) is 5.59. The van der Waals surface area contributed by atoms with Crippen molar-refractivity contribution in [1.82, 2.24) is 10.2 Å². The van der Waals surface area contributed by atoms with Gasteiger partial charge in [-0.1, -0.05) is 0 Å². The lowest BCUT2D eigenvalue weighted by Crippen LogP contribution is -2.08. The molecule has 0 aliphatic carbocycles. The standard InChI is InChI=1S/C12H14N4O2/c1-8-7-10(16(17)18)3-4-11(8)14-9(2)12-5-6-13-15-12/h3-7,9,14H,1-2H3,(H,13,15). The van der Waals surface area contributed by atoms with Crippen LogP contribution in [0, 0.1) is 17.0 Å². The molecule has 0 aliphatic heterocycles. The van der Waals surface area contributed by atoms with E-state index < -0.39 is 4.92 Å². The molecule has 0 amide bonds. The van der Waals surface area contributed by atoms with Crippen LogP contribution in [0.2, 0.25) is 0 Å². The minimum atomic E-state index is -0.394. The summed E-state index contributed by atoms with van der Waals surface area (Å²) in [6, 6.07) is 6.73. The van der Waals surface area contributed by atoms with Crippen LogP contribution in [0.25, 0.3) is 0 Å². The highest BCUT2D eigenvalue weighted by Gasteiger charge is 2.11. The van der Waals surface area contributed by atoms with Crippen molar-refractivity contribution in [2.45, 2.75) is 19.9 Å². The Kier molecular flexibility index (Phi) is 3.27. The summed E-state index contributed by atoms with van der Waals surface area (Å²) in [6.45, 7) is 3.84. The van der Waals surface area contributed by atoms with Gasteiger partial charge in [0.15, 0.2) is 0 Å². The van der Waals surface area contributed by atoms with Crippen molar-refractivity contribution >= 4 is 11.4 Å². The van der Waals surface area contributed by atoms with Gasteiger partial charge in [-0.2, -0.15) is 5.10 Å². The van der Waals surface area contributed by atoms with Gasteiger partial charge in [-0.15, -0.1) is 0 Å². The zero-order chi connectivity index (χ0) is 13.1. The number of aryl methyl sites for hydroxylation is 1.